The van der Waals surface area contributed by atoms with Gasteiger partial charge in [0.05, 0.1) is 0 Å². The van der Waals surface area contributed by atoms with Gasteiger partial charge in [0.15, 0.2) is 0 Å². The van der Waals surface area contributed by atoms with Crippen molar-refractivity contribution in [3.8, 4) is 0 Å². The van der Waals surface area contributed by atoms with Crippen molar-refractivity contribution < 1.29 is 9.59 Å². The van der Waals surface area contributed by atoms with E-state index in [-0.39, 0.29) is 5.91 Å². The van der Waals surface area contributed by atoms with E-state index in [0.717, 1.165) is 5.75 Å². The van der Waals surface area contributed by atoms with E-state index in [1.54, 1.807) is 0 Å². The maximum Gasteiger partial charge on any atom is 0.240 e. The minimum absolute atomic E-state index is 0.152. The van der Waals surface area contributed by atoms with Crippen LogP contribution in [-0.4, -0.2) is 29.7 Å². The molecule has 1 unspecified atom stereocenters. The van der Waals surface area contributed by atoms with Crippen LogP contribution in [0.5, 0.6) is 0 Å². The van der Waals surface area contributed by atoms with E-state index in [4.69, 9.17) is 0 Å². The molecule has 0 aliphatic carbocycles. The molecule has 4 heteroatoms. The molecule has 0 aromatic heterocycles. The predicted molar refractivity (Wildman–Crippen MR) is 35.3 cm³/mol. The largest absolute Gasteiger partial charge is 0.354 e. The molecule has 0 aromatic rings. The van der Waals surface area contributed by atoms with E-state index in [1.807, 2.05) is 0 Å². The Kier molecular flexibility index (Phi) is 2.10. The Morgan fingerprint density at radius 1 is 1.78 bits per heavy atom. The first-order chi connectivity index (χ1) is 4.34. The van der Waals surface area contributed by atoms with Crippen LogP contribution in [0.4, 0.5) is 0 Å². The van der Waals surface area contributed by atoms with Crippen molar-refractivity contribution in [2.24, 2.45) is 0 Å². The lowest BCUT2D eigenvalue weighted by Crippen LogP contribution is -2.39. The molecule has 1 aliphatic rings. The molecule has 1 heterocycles. The van der Waals surface area contributed by atoms with Crippen LogP contribution >= 0.6 is 11.8 Å². The molecule has 0 saturated carbocycles. The first-order valence-electron chi connectivity index (χ1n) is 2.69. The van der Waals surface area contributed by atoms with Crippen molar-refractivity contribution in [2.75, 3.05) is 12.3 Å². The van der Waals surface area contributed by atoms with E-state index in [0.29, 0.717) is 12.8 Å². The van der Waals surface area contributed by atoms with Crippen molar-refractivity contribution in [2.45, 2.75) is 5.25 Å². The van der Waals surface area contributed by atoms with Crippen molar-refractivity contribution >= 4 is 24.0 Å². The summed E-state index contributed by atoms with van der Waals surface area (Å²) in [7, 11) is 0. The van der Waals surface area contributed by atoms with Gasteiger partial charge in [-0.25, -0.2) is 0 Å². The Bertz CT molecular complexity index is 137. The number of aldehydes is 1. The molecule has 0 spiro atoms. The summed E-state index contributed by atoms with van der Waals surface area (Å²) in [4.78, 5) is 20.8. The lowest BCUT2D eigenvalue weighted by atomic mass is 10.4. The van der Waals surface area contributed by atoms with Gasteiger partial charge >= 0.3 is 0 Å². The zero-order chi connectivity index (χ0) is 6.69. The van der Waals surface area contributed by atoms with Crippen molar-refractivity contribution in [3.63, 3.8) is 0 Å². The molecule has 1 aliphatic heterocycles. The summed E-state index contributed by atoms with van der Waals surface area (Å²) in [5.41, 5.74) is 0. The second kappa shape index (κ2) is 2.87. The average Bonchev–Trinajstić information content (AvgIpc) is 1.89. The molecular formula is C5H7NO2S. The number of carbonyl (C=O) groups is 2. The standard InChI is InChI=1S/C5H7NO2S/c7-3-4-5(8)6-1-2-9-4/h3-4H,1-2H2,(H,6,8). The molecule has 1 rings (SSSR count). The molecule has 50 valence electrons. The first-order valence-corrected chi connectivity index (χ1v) is 3.74. The summed E-state index contributed by atoms with van der Waals surface area (Å²) < 4.78 is 0. The van der Waals surface area contributed by atoms with Crippen LogP contribution in [0.3, 0.4) is 0 Å². The van der Waals surface area contributed by atoms with Gasteiger partial charge in [0, 0.05) is 12.3 Å². The molecule has 1 atom stereocenters. The van der Waals surface area contributed by atoms with Crippen molar-refractivity contribution in [1.29, 1.82) is 0 Å². The van der Waals surface area contributed by atoms with Crippen LogP contribution in [-0.2, 0) is 9.59 Å². The fourth-order valence-corrected chi connectivity index (χ4v) is 1.42. The Hall–Kier alpha value is -0.510. The van der Waals surface area contributed by atoms with Crippen molar-refractivity contribution in [3.05, 3.63) is 0 Å². The Balaban J connectivity index is 2.48. The number of carbonyl (C=O) groups excluding carboxylic acids is 2. The molecule has 9 heavy (non-hydrogen) atoms. The Morgan fingerprint density at radius 2 is 2.56 bits per heavy atom. The van der Waals surface area contributed by atoms with Gasteiger partial charge in [0.25, 0.3) is 0 Å². The summed E-state index contributed by atoms with van der Waals surface area (Å²) in [5.74, 6) is 0.691. The Morgan fingerprint density at radius 3 is 3.00 bits per heavy atom. The number of hydrogen-bond donors (Lipinski definition) is 1. The fourth-order valence-electron chi connectivity index (χ4n) is 0.637. The SMILES string of the molecule is O=CC1SCCNC1=O. The maximum atomic E-state index is 10.7. The molecule has 1 amide bonds. The monoisotopic (exact) mass is 145 g/mol. The Labute approximate surface area is 57.2 Å². The normalized spacial score (nSPS) is 27.1. The second-order valence-electron chi connectivity index (χ2n) is 1.72. The third kappa shape index (κ3) is 1.45. The van der Waals surface area contributed by atoms with Gasteiger partial charge in [0.1, 0.15) is 11.5 Å². The average molecular weight is 145 g/mol. The van der Waals surface area contributed by atoms with E-state index >= 15 is 0 Å². The van der Waals surface area contributed by atoms with Crippen molar-refractivity contribution in [1.82, 2.24) is 5.32 Å². The molecule has 1 N–H and O–H groups in total. The van der Waals surface area contributed by atoms with Crippen LogP contribution in [0.25, 0.3) is 0 Å². The molecule has 1 fully saturated rings. The van der Waals surface area contributed by atoms with Gasteiger partial charge in [-0.2, -0.15) is 0 Å². The number of rotatable bonds is 1. The minimum Gasteiger partial charge on any atom is -0.354 e. The molecule has 1 saturated heterocycles. The van der Waals surface area contributed by atoms with Gasteiger partial charge in [-0.05, 0) is 0 Å². The smallest absolute Gasteiger partial charge is 0.240 e. The van der Waals surface area contributed by atoms with Gasteiger partial charge in [-0.15, -0.1) is 11.8 Å². The molecule has 0 bridgehead atoms. The highest BCUT2D eigenvalue weighted by molar-refractivity contribution is 8.01. The van der Waals surface area contributed by atoms with Gasteiger partial charge in [0.2, 0.25) is 5.91 Å². The molecule has 3 nitrogen and oxygen atoms in total. The van der Waals surface area contributed by atoms with Gasteiger partial charge < -0.3 is 10.1 Å². The number of amides is 1. The summed E-state index contributed by atoms with van der Waals surface area (Å²) >= 11 is 1.39. The summed E-state index contributed by atoms with van der Waals surface area (Å²) in [6, 6.07) is 0. The van der Waals surface area contributed by atoms with E-state index in [2.05, 4.69) is 5.32 Å². The van der Waals surface area contributed by atoms with Crippen LogP contribution in [0.15, 0.2) is 0 Å². The lowest BCUT2D eigenvalue weighted by molar-refractivity contribution is -0.123. The van der Waals surface area contributed by atoms with Gasteiger partial charge in [-0.3, -0.25) is 4.79 Å². The van der Waals surface area contributed by atoms with E-state index in [1.165, 1.54) is 11.8 Å². The minimum atomic E-state index is -0.459. The topological polar surface area (TPSA) is 46.2 Å². The summed E-state index contributed by atoms with van der Waals surface area (Å²) in [6.07, 6.45) is 0.680. The third-order valence-corrected chi connectivity index (χ3v) is 2.20. The second-order valence-corrected chi connectivity index (χ2v) is 2.97. The zero-order valence-electron chi connectivity index (χ0n) is 4.79. The highest BCUT2D eigenvalue weighted by Crippen LogP contribution is 2.11. The molecule has 0 aromatic carbocycles. The number of thioether (sulfide) groups is 1. The maximum absolute atomic E-state index is 10.7. The van der Waals surface area contributed by atoms with E-state index < -0.39 is 5.25 Å². The van der Waals surface area contributed by atoms with Crippen LogP contribution in [0.2, 0.25) is 0 Å². The molecular weight excluding hydrogens is 138 g/mol. The summed E-state index contributed by atoms with van der Waals surface area (Å²) in [5, 5.41) is 2.13. The van der Waals surface area contributed by atoms with Gasteiger partial charge in [-0.1, -0.05) is 0 Å². The predicted octanol–water partition coefficient (Wildman–Crippen LogP) is -0.583. The van der Waals surface area contributed by atoms with Crippen LogP contribution in [0, 0.1) is 0 Å². The first kappa shape index (κ1) is 6.61. The highest BCUT2D eigenvalue weighted by atomic mass is 32.2. The molecule has 0 radical (unpaired) electrons. The number of nitrogens with one attached hydrogen (secondary N) is 1. The zero-order valence-corrected chi connectivity index (χ0v) is 5.61. The third-order valence-electron chi connectivity index (χ3n) is 1.08. The summed E-state index contributed by atoms with van der Waals surface area (Å²) in [6.45, 7) is 0.688. The van der Waals surface area contributed by atoms with Crippen LogP contribution < -0.4 is 5.32 Å². The quantitative estimate of drug-likeness (QED) is 0.396. The number of hydrogen-bond acceptors (Lipinski definition) is 3. The van der Waals surface area contributed by atoms with E-state index in [9.17, 15) is 9.59 Å². The van der Waals surface area contributed by atoms with Crippen LogP contribution in [0.1, 0.15) is 0 Å². The highest BCUT2D eigenvalue weighted by Gasteiger charge is 2.20. The fraction of sp³-hybridized carbons (Fsp3) is 0.600. The lowest BCUT2D eigenvalue weighted by Gasteiger charge is -2.15.